The molecule has 90 valence electrons. The molecular weight excluding hydrogens is 228 g/mol. The second-order valence-corrected chi connectivity index (χ2v) is 4.19. The summed E-state index contributed by atoms with van der Waals surface area (Å²) in [5.41, 5.74) is 3.96. The highest BCUT2D eigenvalue weighted by Crippen LogP contribution is 2.17. The first-order valence-electron chi connectivity index (χ1n) is 5.67. The molecule has 5 heteroatoms. The molecule has 0 aliphatic carbocycles. The molecule has 0 fully saturated rings. The average molecular weight is 240 g/mol. The lowest BCUT2D eigenvalue weighted by Crippen LogP contribution is -2.01. The zero-order chi connectivity index (χ0) is 12.7. The molecule has 0 bridgehead atoms. The first-order valence-corrected chi connectivity index (χ1v) is 5.67. The van der Waals surface area contributed by atoms with Gasteiger partial charge in [-0.1, -0.05) is 12.1 Å². The highest BCUT2D eigenvalue weighted by molar-refractivity contribution is 5.79. The molecule has 0 radical (unpaired) electrons. The van der Waals surface area contributed by atoms with Gasteiger partial charge in [0.05, 0.1) is 28.0 Å². The van der Waals surface area contributed by atoms with Crippen LogP contribution in [-0.4, -0.2) is 26.0 Å². The third kappa shape index (κ3) is 1.44. The molecule has 0 aliphatic heterocycles. The molecule has 0 spiro atoms. The van der Waals surface area contributed by atoms with Crippen LogP contribution in [0.3, 0.4) is 0 Å². The van der Waals surface area contributed by atoms with Crippen molar-refractivity contribution in [2.75, 3.05) is 0 Å². The van der Waals surface area contributed by atoms with Crippen LogP contribution in [0.15, 0.2) is 24.3 Å². The first-order chi connectivity index (χ1) is 8.70. The highest BCUT2D eigenvalue weighted by Gasteiger charge is 2.14. The second-order valence-electron chi connectivity index (χ2n) is 4.19. The van der Waals surface area contributed by atoms with Gasteiger partial charge in [0.25, 0.3) is 0 Å². The van der Waals surface area contributed by atoms with Crippen LogP contribution in [0, 0.1) is 13.8 Å². The van der Waals surface area contributed by atoms with Gasteiger partial charge in [-0.15, -0.1) is 0 Å². The Kier molecular flexibility index (Phi) is 2.26. The van der Waals surface area contributed by atoms with E-state index in [2.05, 4.69) is 15.1 Å². The number of aryl methyl sites for hydroxylation is 1. The number of hydrogen-bond acceptors (Lipinski definition) is 3. The molecule has 1 aromatic carbocycles. The van der Waals surface area contributed by atoms with E-state index in [9.17, 15) is 4.79 Å². The van der Waals surface area contributed by atoms with Gasteiger partial charge >= 0.3 is 0 Å². The van der Waals surface area contributed by atoms with Crippen LogP contribution in [0.2, 0.25) is 0 Å². The summed E-state index contributed by atoms with van der Waals surface area (Å²) >= 11 is 0. The molecule has 0 unspecified atom stereocenters. The number of carbonyl (C=O) groups is 1. The predicted molar refractivity (Wildman–Crippen MR) is 68.1 cm³/mol. The van der Waals surface area contributed by atoms with Gasteiger partial charge in [0.2, 0.25) is 5.95 Å². The van der Waals surface area contributed by atoms with E-state index in [0.29, 0.717) is 17.2 Å². The minimum Gasteiger partial charge on any atom is -0.322 e. The van der Waals surface area contributed by atoms with E-state index in [1.165, 1.54) is 0 Å². The van der Waals surface area contributed by atoms with Crippen LogP contribution in [0.1, 0.15) is 21.7 Å². The number of fused-ring (bicyclic) bond motifs is 1. The number of aromatic amines is 1. The largest absolute Gasteiger partial charge is 0.322 e. The van der Waals surface area contributed by atoms with E-state index in [1.807, 2.05) is 38.1 Å². The number of aldehydes is 1. The van der Waals surface area contributed by atoms with Gasteiger partial charge in [-0.05, 0) is 26.0 Å². The molecule has 0 aliphatic rings. The SMILES string of the molecule is Cc1nn(-c2nc3ccccc3[nH]2)c(C)c1C=O. The van der Waals surface area contributed by atoms with Crippen molar-refractivity contribution in [1.82, 2.24) is 19.7 Å². The minimum absolute atomic E-state index is 0.621. The van der Waals surface area contributed by atoms with Crippen LogP contribution in [-0.2, 0) is 0 Å². The smallest absolute Gasteiger partial charge is 0.229 e. The summed E-state index contributed by atoms with van der Waals surface area (Å²) in [6.07, 6.45) is 0.830. The van der Waals surface area contributed by atoms with Gasteiger partial charge in [-0.3, -0.25) is 4.79 Å². The molecule has 1 N–H and O–H groups in total. The van der Waals surface area contributed by atoms with Crippen LogP contribution in [0.25, 0.3) is 17.0 Å². The summed E-state index contributed by atoms with van der Waals surface area (Å²) in [5.74, 6) is 0.630. The monoisotopic (exact) mass is 240 g/mol. The molecular formula is C13H12N4O. The zero-order valence-electron chi connectivity index (χ0n) is 10.1. The predicted octanol–water partition coefficient (Wildman–Crippen LogP) is 2.18. The number of rotatable bonds is 2. The molecule has 0 amide bonds. The Morgan fingerprint density at radius 3 is 2.72 bits per heavy atom. The maximum Gasteiger partial charge on any atom is 0.229 e. The summed E-state index contributed by atoms with van der Waals surface area (Å²) in [6.45, 7) is 3.67. The summed E-state index contributed by atoms with van der Waals surface area (Å²) < 4.78 is 1.67. The quantitative estimate of drug-likeness (QED) is 0.698. The lowest BCUT2D eigenvalue weighted by atomic mass is 10.2. The lowest BCUT2D eigenvalue weighted by Gasteiger charge is -1.98. The van der Waals surface area contributed by atoms with Crippen LogP contribution >= 0.6 is 0 Å². The topological polar surface area (TPSA) is 63.6 Å². The molecule has 2 aromatic heterocycles. The van der Waals surface area contributed by atoms with Crippen molar-refractivity contribution in [2.45, 2.75) is 13.8 Å². The summed E-state index contributed by atoms with van der Waals surface area (Å²) in [5, 5.41) is 4.34. The Balaban J connectivity index is 2.23. The number of H-pyrrole nitrogens is 1. The Hall–Kier alpha value is -2.43. The van der Waals surface area contributed by atoms with E-state index in [4.69, 9.17) is 0 Å². The van der Waals surface area contributed by atoms with E-state index in [1.54, 1.807) is 4.68 Å². The highest BCUT2D eigenvalue weighted by atomic mass is 16.1. The van der Waals surface area contributed by atoms with E-state index in [0.717, 1.165) is 23.0 Å². The third-order valence-electron chi connectivity index (χ3n) is 3.04. The number of imidazole rings is 1. The Labute approximate surface area is 103 Å². The molecule has 5 nitrogen and oxygen atoms in total. The molecule has 2 heterocycles. The number of carbonyl (C=O) groups excluding carboxylic acids is 1. The van der Waals surface area contributed by atoms with Crippen LogP contribution in [0.5, 0.6) is 0 Å². The maximum atomic E-state index is 11.0. The van der Waals surface area contributed by atoms with Crippen molar-refractivity contribution in [1.29, 1.82) is 0 Å². The molecule has 18 heavy (non-hydrogen) atoms. The standard InChI is InChI=1S/C13H12N4O/c1-8-10(7-18)9(2)17(16-8)13-14-11-5-3-4-6-12(11)15-13/h3-7H,1-2H3,(H,14,15). The number of hydrogen-bond donors (Lipinski definition) is 1. The fourth-order valence-electron chi connectivity index (χ4n) is 2.07. The zero-order valence-corrected chi connectivity index (χ0v) is 10.1. The number of benzene rings is 1. The van der Waals surface area contributed by atoms with E-state index in [-0.39, 0.29) is 0 Å². The van der Waals surface area contributed by atoms with Gasteiger partial charge < -0.3 is 4.98 Å². The number of para-hydroxylation sites is 2. The van der Waals surface area contributed by atoms with Crippen LogP contribution < -0.4 is 0 Å². The van der Waals surface area contributed by atoms with Crippen molar-refractivity contribution >= 4 is 17.3 Å². The molecule has 3 aromatic rings. The lowest BCUT2D eigenvalue weighted by molar-refractivity contribution is 0.112. The number of aromatic nitrogens is 4. The Bertz CT molecular complexity index is 706. The summed E-state index contributed by atoms with van der Waals surface area (Å²) in [6, 6.07) is 7.77. The normalized spacial score (nSPS) is 11.0. The van der Waals surface area contributed by atoms with Crippen molar-refractivity contribution in [2.24, 2.45) is 0 Å². The van der Waals surface area contributed by atoms with Gasteiger partial charge in [0, 0.05) is 0 Å². The molecule has 0 saturated carbocycles. The van der Waals surface area contributed by atoms with Crippen molar-refractivity contribution in [3.8, 4) is 5.95 Å². The summed E-state index contributed by atoms with van der Waals surface area (Å²) in [4.78, 5) is 18.6. The molecule has 0 saturated heterocycles. The summed E-state index contributed by atoms with van der Waals surface area (Å²) in [7, 11) is 0. The van der Waals surface area contributed by atoms with Gasteiger partial charge in [-0.25, -0.2) is 9.67 Å². The second kappa shape index (κ2) is 3.80. The fourth-order valence-corrected chi connectivity index (χ4v) is 2.07. The first kappa shape index (κ1) is 10.7. The third-order valence-corrected chi connectivity index (χ3v) is 3.04. The van der Waals surface area contributed by atoms with Crippen molar-refractivity contribution in [3.63, 3.8) is 0 Å². The van der Waals surface area contributed by atoms with Crippen molar-refractivity contribution in [3.05, 3.63) is 41.2 Å². The van der Waals surface area contributed by atoms with E-state index < -0.39 is 0 Å². The number of nitrogens with zero attached hydrogens (tertiary/aromatic N) is 3. The average Bonchev–Trinajstić information content (AvgIpc) is 2.90. The molecule has 0 atom stereocenters. The Morgan fingerprint density at radius 1 is 1.28 bits per heavy atom. The Morgan fingerprint density at radius 2 is 2.06 bits per heavy atom. The van der Waals surface area contributed by atoms with Gasteiger partial charge in [0.15, 0.2) is 6.29 Å². The molecule has 3 rings (SSSR count). The van der Waals surface area contributed by atoms with Gasteiger partial charge in [0.1, 0.15) is 0 Å². The van der Waals surface area contributed by atoms with Crippen LogP contribution in [0.4, 0.5) is 0 Å². The minimum atomic E-state index is 0.621. The maximum absolute atomic E-state index is 11.0. The number of nitrogens with one attached hydrogen (secondary N) is 1. The fraction of sp³-hybridized carbons (Fsp3) is 0.154. The van der Waals surface area contributed by atoms with Gasteiger partial charge in [-0.2, -0.15) is 5.10 Å². The van der Waals surface area contributed by atoms with Crippen molar-refractivity contribution < 1.29 is 4.79 Å². The van der Waals surface area contributed by atoms with E-state index >= 15 is 0 Å².